The average molecular weight is 388 g/mol. The standard InChI is InChI=1S/C22H33N3O3/c1-16-9-11-25(12-10-16)15-18-4-2-3-17(13-18)14-23-22(28)24-20-7-5-19(6-8-20)21(26)27/h2-4,13,16,19-20H,5-12,14-15H2,1H3,(H,26,27)(H2,23,24,28). The van der Waals surface area contributed by atoms with Crippen LogP contribution in [0.4, 0.5) is 4.79 Å². The minimum atomic E-state index is -0.721. The normalized spacial score (nSPS) is 23.9. The quantitative estimate of drug-likeness (QED) is 0.699. The van der Waals surface area contributed by atoms with Crippen molar-refractivity contribution in [2.45, 2.75) is 64.6 Å². The molecule has 1 saturated carbocycles. The summed E-state index contributed by atoms with van der Waals surface area (Å²) in [4.78, 5) is 25.7. The molecule has 6 heteroatoms. The minimum absolute atomic E-state index is 0.0726. The Bertz CT molecular complexity index is 663. The van der Waals surface area contributed by atoms with Crippen molar-refractivity contribution in [2.24, 2.45) is 11.8 Å². The summed E-state index contributed by atoms with van der Waals surface area (Å²) in [5.41, 5.74) is 2.40. The molecular formula is C22H33N3O3. The van der Waals surface area contributed by atoms with Gasteiger partial charge in [0.25, 0.3) is 0 Å². The Morgan fingerprint density at radius 3 is 2.43 bits per heavy atom. The third kappa shape index (κ3) is 6.23. The highest BCUT2D eigenvalue weighted by molar-refractivity contribution is 5.74. The van der Waals surface area contributed by atoms with Gasteiger partial charge in [-0.25, -0.2) is 4.79 Å². The summed E-state index contributed by atoms with van der Waals surface area (Å²) < 4.78 is 0. The summed E-state index contributed by atoms with van der Waals surface area (Å²) in [7, 11) is 0. The summed E-state index contributed by atoms with van der Waals surface area (Å²) in [6.45, 7) is 6.12. The first-order valence-corrected chi connectivity index (χ1v) is 10.6. The van der Waals surface area contributed by atoms with E-state index >= 15 is 0 Å². The number of aliphatic carboxylic acids is 1. The third-order valence-corrected chi connectivity index (χ3v) is 6.14. The van der Waals surface area contributed by atoms with E-state index < -0.39 is 5.97 Å². The minimum Gasteiger partial charge on any atom is -0.481 e. The van der Waals surface area contributed by atoms with Crippen LogP contribution in [-0.2, 0) is 17.9 Å². The number of hydrogen-bond donors (Lipinski definition) is 3. The van der Waals surface area contributed by atoms with Gasteiger partial charge >= 0.3 is 12.0 Å². The highest BCUT2D eigenvalue weighted by Gasteiger charge is 2.26. The van der Waals surface area contributed by atoms with Crippen molar-refractivity contribution in [3.05, 3.63) is 35.4 Å². The third-order valence-electron chi connectivity index (χ3n) is 6.14. The number of carbonyl (C=O) groups is 2. The molecule has 154 valence electrons. The molecule has 0 spiro atoms. The second kappa shape index (κ2) is 9.92. The lowest BCUT2D eigenvalue weighted by Gasteiger charge is -2.30. The van der Waals surface area contributed by atoms with Gasteiger partial charge in [0.1, 0.15) is 0 Å². The van der Waals surface area contributed by atoms with E-state index in [-0.39, 0.29) is 18.0 Å². The molecule has 2 fully saturated rings. The van der Waals surface area contributed by atoms with E-state index in [0.717, 1.165) is 44.0 Å². The summed E-state index contributed by atoms with van der Waals surface area (Å²) in [5.74, 6) is -0.140. The summed E-state index contributed by atoms with van der Waals surface area (Å²) in [6.07, 6.45) is 5.28. The summed E-state index contributed by atoms with van der Waals surface area (Å²) in [6, 6.07) is 8.33. The number of carboxylic acid groups (broad SMARTS) is 1. The zero-order valence-corrected chi connectivity index (χ0v) is 16.8. The number of nitrogens with one attached hydrogen (secondary N) is 2. The van der Waals surface area contributed by atoms with Gasteiger partial charge in [0.2, 0.25) is 0 Å². The number of benzene rings is 1. The molecule has 0 unspecified atom stereocenters. The monoisotopic (exact) mass is 387 g/mol. The van der Waals surface area contributed by atoms with Gasteiger partial charge in [0.15, 0.2) is 0 Å². The fraction of sp³-hybridized carbons (Fsp3) is 0.636. The number of likely N-dealkylation sites (tertiary alicyclic amines) is 1. The van der Waals surface area contributed by atoms with Gasteiger partial charge in [-0.05, 0) is 68.7 Å². The van der Waals surface area contributed by atoms with Crippen LogP contribution in [-0.4, -0.2) is 41.1 Å². The van der Waals surface area contributed by atoms with Gasteiger partial charge in [-0.3, -0.25) is 9.69 Å². The van der Waals surface area contributed by atoms with E-state index in [4.69, 9.17) is 5.11 Å². The zero-order chi connectivity index (χ0) is 19.9. The van der Waals surface area contributed by atoms with E-state index in [9.17, 15) is 9.59 Å². The molecule has 0 atom stereocenters. The van der Waals surface area contributed by atoms with Crippen LogP contribution in [0.25, 0.3) is 0 Å². The topological polar surface area (TPSA) is 81.7 Å². The molecule has 2 amide bonds. The van der Waals surface area contributed by atoms with Gasteiger partial charge in [0, 0.05) is 19.1 Å². The number of urea groups is 1. The highest BCUT2D eigenvalue weighted by Crippen LogP contribution is 2.24. The van der Waals surface area contributed by atoms with E-state index in [1.54, 1.807) is 0 Å². The van der Waals surface area contributed by atoms with Crippen LogP contribution in [0.2, 0.25) is 0 Å². The van der Waals surface area contributed by atoms with Gasteiger partial charge in [-0.15, -0.1) is 0 Å². The second-order valence-corrected chi connectivity index (χ2v) is 8.49. The Labute approximate surface area is 167 Å². The summed E-state index contributed by atoms with van der Waals surface area (Å²) in [5, 5.41) is 15.0. The Morgan fingerprint density at radius 2 is 1.75 bits per heavy atom. The lowest BCUT2D eigenvalue weighted by Crippen LogP contribution is -2.43. The molecule has 1 heterocycles. The maximum atomic E-state index is 12.2. The average Bonchev–Trinajstić information content (AvgIpc) is 2.69. The van der Waals surface area contributed by atoms with Crippen LogP contribution in [0.15, 0.2) is 24.3 Å². The maximum absolute atomic E-state index is 12.2. The molecule has 3 N–H and O–H groups in total. The van der Waals surface area contributed by atoms with Gasteiger partial charge < -0.3 is 15.7 Å². The Hall–Kier alpha value is -2.08. The van der Waals surface area contributed by atoms with Crippen LogP contribution in [0.3, 0.4) is 0 Å². The van der Waals surface area contributed by atoms with Crippen molar-refractivity contribution >= 4 is 12.0 Å². The van der Waals surface area contributed by atoms with Crippen molar-refractivity contribution in [1.82, 2.24) is 15.5 Å². The predicted molar refractivity (Wildman–Crippen MR) is 109 cm³/mol. The van der Waals surface area contributed by atoms with E-state index in [1.165, 1.54) is 18.4 Å². The van der Waals surface area contributed by atoms with Crippen LogP contribution in [0.5, 0.6) is 0 Å². The van der Waals surface area contributed by atoms with Crippen LogP contribution in [0, 0.1) is 11.8 Å². The molecular weight excluding hydrogens is 354 g/mol. The number of carbonyl (C=O) groups excluding carboxylic acids is 1. The molecule has 6 nitrogen and oxygen atoms in total. The molecule has 3 rings (SSSR count). The maximum Gasteiger partial charge on any atom is 0.315 e. The predicted octanol–water partition coefficient (Wildman–Crippen LogP) is 3.36. The zero-order valence-electron chi connectivity index (χ0n) is 16.8. The fourth-order valence-corrected chi connectivity index (χ4v) is 4.22. The highest BCUT2D eigenvalue weighted by atomic mass is 16.4. The van der Waals surface area contributed by atoms with Crippen molar-refractivity contribution in [3.63, 3.8) is 0 Å². The van der Waals surface area contributed by atoms with Crippen LogP contribution >= 0.6 is 0 Å². The lowest BCUT2D eigenvalue weighted by atomic mass is 9.86. The van der Waals surface area contributed by atoms with Gasteiger partial charge in [0.05, 0.1) is 5.92 Å². The number of hydrogen-bond acceptors (Lipinski definition) is 3. The molecule has 2 aliphatic rings. The Kier molecular flexibility index (Phi) is 7.31. The van der Waals surface area contributed by atoms with E-state index in [1.807, 2.05) is 6.07 Å². The van der Waals surface area contributed by atoms with Crippen LogP contribution in [0.1, 0.15) is 56.6 Å². The van der Waals surface area contributed by atoms with E-state index in [0.29, 0.717) is 19.4 Å². The first-order chi connectivity index (χ1) is 13.5. The largest absolute Gasteiger partial charge is 0.481 e. The smallest absolute Gasteiger partial charge is 0.315 e. The SMILES string of the molecule is CC1CCN(Cc2cccc(CNC(=O)NC3CCC(C(=O)O)CC3)c2)CC1. The Balaban J connectivity index is 1.40. The number of amides is 2. The van der Waals surface area contributed by atoms with Crippen molar-refractivity contribution in [1.29, 1.82) is 0 Å². The molecule has 1 aliphatic heterocycles. The van der Waals surface area contributed by atoms with Crippen molar-refractivity contribution < 1.29 is 14.7 Å². The molecule has 0 aromatic heterocycles. The lowest BCUT2D eigenvalue weighted by molar-refractivity contribution is -0.142. The van der Waals surface area contributed by atoms with Crippen molar-refractivity contribution in [3.8, 4) is 0 Å². The molecule has 0 radical (unpaired) electrons. The number of rotatable bonds is 6. The van der Waals surface area contributed by atoms with E-state index in [2.05, 4.69) is 40.7 Å². The van der Waals surface area contributed by atoms with Crippen LogP contribution < -0.4 is 10.6 Å². The molecule has 28 heavy (non-hydrogen) atoms. The van der Waals surface area contributed by atoms with Gasteiger partial charge in [-0.1, -0.05) is 31.2 Å². The molecule has 1 aromatic rings. The molecule has 0 bridgehead atoms. The molecule has 1 aromatic carbocycles. The van der Waals surface area contributed by atoms with Crippen molar-refractivity contribution in [2.75, 3.05) is 13.1 Å². The first-order valence-electron chi connectivity index (χ1n) is 10.6. The fourth-order valence-electron chi connectivity index (χ4n) is 4.22. The first kappa shape index (κ1) is 20.6. The number of piperidine rings is 1. The van der Waals surface area contributed by atoms with Gasteiger partial charge in [-0.2, -0.15) is 0 Å². The Morgan fingerprint density at radius 1 is 1.07 bits per heavy atom. The molecule has 1 saturated heterocycles. The summed E-state index contributed by atoms with van der Waals surface area (Å²) >= 11 is 0. The number of carboxylic acids is 1. The number of nitrogens with zero attached hydrogens (tertiary/aromatic N) is 1. The second-order valence-electron chi connectivity index (χ2n) is 8.49. The molecule has 1 aliphatic carbocycles.